The second-order valence-corrected chi connectivity index (χ2v) is 5.90. The summed E-state index contributed by atoms with van der Waals surface area (Å²) in [5.74, 6) is -0.542. The molecular weight excluding hydrogens is 292 g/mol. The van der Waals surface area contributed by atoms with Crippen LogP contribution in [0, 0.1) is 13.5 Å². The van der Waals surface area contributed by atoms with Crippen LogP contribution in [0.2, 0.25) is 0 Å². The van der Waals surface area contributed by atoms with Crippen molar-refractivity contribution < 1.29 is 17.8 Å². The van der Waals surface area contributed by atoms with Gasteiger partial charge in [-0.1, -0.05) is 18.2 Å². The average Bonchev–Trinajstić information content (AvgIpc) is 2.36. The number of hydrogen-bond donors (Lipinski definition) is 2. The maximum Gasteiger partial charge on any atom is 0.304 e. The van der Waals surface area contributed by atoms with Crippen molar-refractivity contribution in [1.29, 1.82) is 0 Å². The largest absolute Gasteiger partial charge is 0.319 e. The van der Waals surface area contributed by atoms with Crippen molar-refractivity contribution in [1.82, 2.24) is 0 Å². The van der Waals surface area contributed by atoms with Gasteiger partial charge in [-0.2, -0.15) is 8.42 Å². The molecule has 2 N–H and O–H groups in total. The lowest BCUT2D eigenvalue weighted by Gasteiger charge is -2.11. The van der Waals surface area contributed by atoms with Crippen LogP contribution in [0.4, 0.5) is 5.69 Å². The number of rotatable bonds is 3. The molecule has 0 bridgehead atoms. The lowest BCUT2D eigenvalue weighted by Crippen LogP contribution is -2.14. The third-order valence-corrected chi connectivity index (χ3v) is 3.74. The van der Waals surface area contributed by atoms with E-state index in [4.69, 9.17) is 6.57 Å². The third kappa shape index (κ3) is 3.18. The van der Waals surface area contributed by atoms with E-state index >= 15 is 0 Å². The van der Waals surface area contributed by atoms with Gasteiger partial charge in [0, 0.05) is 5.39 Å². The third-order valence-electron chi connectivity index (χ3n) is 2.86. The van der Waals surface area contributed by atoms with E-state index < -0.39 is 16.0 Å². The zero-order valence-electron chi connectivity index (χ0n) is 11.1. The predicted molar refractivity (Wildman–Crippen MR) is 78.6 cm³/mol. The predicted octanol–water partition coefficient (Wildman–Crippen LogP) is 2.25. The van der Waals surface area contributed by atoms with Crippen LogP contribution in [0.25, 0.3) is 15.6 Å². The van der Waals surface area contributed by atoms with Crippen LogP contribution < -0.4 is 5.32 Å². The highest BCUT2D eigenvalue weighted by Gasteiger charge is 2.18. The number of benzene rings is 2. The lowest BCUT2D eigenvalue weighted by molar-refractivity contribution is -0.114. The van der Waals surface area contributed by atoms with Crippen molar-refractivity contribution in [3.8, 4) is 0 Å². The maximum absolute atomic E-state index is 11.6. The summed E-state index contributed by atoms with van der Waals surface area (Å²) in [5, 5.41) is 3.29. The Kier molecular flexibility index (Phi) is 3.93. The van der Waals surface area contributed by atoms with Gasteiger partial charge in [-0.3, -0.25) is 9.35 Å². The van der Waals surface area contributed by atoms with E-state index in [1.54, 1.807) is 25.1 Å². The Bertz CT molecular complexity index is 866. The summed E-state index contributed by atoms with van der Waals surface area (Å²) >= 11 is 0. The Morgan fingerprint density at radius 3 is 2.71 bits per heavy atom. The number of aryl methyl sites for hydroxylation is 1. The Morgan fingerprint density at radius 1 is 1.38 bits per heavy atom. The summed E-state index contributed by atoms with van der Waals surface area (Å²) in [6, 6.07) is 7.94. The highest BCUT2D eigenvalue weighted by molar-refractivity contribution is 7.86. The van der Waals surface area contributed by atoms with Crippen LogP contribution in [-0.4, -0.2) is 25.4 Å². The van der Waals surface area contributed by atoms with Crippen molar-refractivity contribution >= 4 is 32.5 Å². The van der Waals surface area contributed by atoms with E-state index in [0.717, 1.165) is 0 Å². The first kappa shape index (κ1) is 15.0. The number of carbonyl (C=O) groups is 1. The number of amides is 1. The summed E-state index contributed by atoms with van der Waals surface area (Å²) in [6.07, 6.45) is 0. The van der Waals surface area contributed by atoms with Crippen LogP contribution in [-0.2, 0) is 14.9 Å². The number of anilines is 1. The summed E-state index contributed by atoms with van der Waals surface area (Å²) in [7, 11) is -4.43. The molecule has 0 saturated heterocycles. The molecular formula is C14H12N2O4S. The van der Waals surface area contributed by atoms with E-state index in [2.05, 4.69) is 10.2 Å². The van der Waals surface area contributed by atoms with Gasteiger partial charge in [0.2, 0.25) is 0 Å². The molecule has 0 fully saturated rings. The number of nitrogens with zero attached hydrogens (tertiary/aromatic N) is 1. The molecule has 0 radical (unpaired) electrons. The van der Waals surface area contributed by atoms with Crippen molar-refractivity contribution in [3.05, 3.63) is 47.3 Å². The highest BCUT2D eigenvalue weighted by Crippen LogP contribution is 2.31. The van der Waals surface area contributed by atoms with Crippen molar-refractivity contribution in [2.75, 3.05) is 11.9 Å². The van der Waals surface area contributed by atoms with Gasteiger partial charge in [-0.25, -0.2) is 6.57 Å². The van der Waals surface area contributed by atoms with E-state index in [-0.39, 0.29) is 22.5 Å². The number of nitrogens with one attached hydrogen (secondary N) is 1. The van der Waals surface area contributed by atoms with Gasteiger partial charge in [0.15, 0.2) is 0 Å². The molecule has 0 spiro atoms. The van der Waals surface area contributed by atoms with Crippen molar-refractivity contribution in [3.63, 3.8) is 0 Å². The summed E-state index contributed by atoms with van der Waals surface area (Å²) in [4.78, 5) is 14.2. The highest BCUT2D eigenvalue weighted by atomic mass is 32.2. The summed E-state index contributed by atoms with van der Waals surface area (Å²) in [6.45, 7) is 8.01. The average molecular weight is 304 g/mol. The molecule has 0 heterocycles. The first-order chi connectivity index (χ1) is 9.82. The Labute approximate surface area is 122 Å². The second-order valence-electron chi connectivity index (χ2n) is 4.51. The fourth-order valence-electron chi connectivity index (χ4n) is 2.10. The standard InChI is InChI=1S/C14H12N2O4S/c1-9-6-10-4-3-5-11(16-13(17)8-15-2)14(10)12(7-9)21(18,19)20/h3-7H,8H2,1H3,(H,16,17)(H,18,19,20). The van der Waals surface area contributed by atoms with Crippen LogP contribution in [0.5, 0.6) is 0 Å². The van der Waals surface area contributed by atoms with E-state index in [1.165, 1.54) is 12.1 Å². The van der Waals surface area contributed by atoms with Gasteiger partial charge >= 0.3 is 5.91 Å². The molecule has 1 amide bonds. The first-order valence-corrected chi connectivity index (χ1v) is 7.41. The van der Waals surface area contributed by atoms with E-state index in [9.17, 15) is 17.8 Å². The van der Waals surface area contributed by atoms with Gasteiger partial charge < -0.3 is 10.2 Å². The Balaban J connectivity index is 2.73. The molecule has 0 atom stereocenters. The molecule has 7 heteroatoms. The topological polar surface area (TPSA) is 87.8 Å². The smallest absolute Gasteiger partial charge is 0.304 e. The molecule has 0 saturated carbocycles. The molecule has 0 unspecified atom stereocenters. The van der Waals surface area contributed by atoms with Crippen LogP contribution >= 0.6 is 0 Å². The SMILES string of the molecule is [C-]#[N+]CC(=O)Nc1cccc2cc(C)cc(S(=O)(=O)O)c12. The van der Waals surface area contributed by atoms with Crippen LogP contribution in [0.3, 0.4) is 0 Å². The van der Waals surface area contributed by atoms with Crippen LogP contribution in [0.15, 0.2) is 35.2 Å². The normalized spacial score (nSPS) is 11.1. The molecule has 2 aromatic rings. The monoisotopic (exact) mass is 304 g/mol. The maximum atomic E-state index is 11.6. The van der Waals surface area contributed by atoms with Crippen molar-refractivity contribution in [2.24, 2.45) is 0 Å². The lowest BCUT2D eigenvalue weighted by atomic mass is 10.1. The van der Waals surface area contributed by atoms with Crippen molar-refractivity contribution in [2.45, 2.75) is 11.8 Å². The Morgan fingerprint density at radius 2 is 2.10 bits per heavy atom. The quantitative estimate of drug-likeness (QED) is 0.672. The molecule has 21 heavy (non-hydrogen) atoms. The zero-order valence-corrected chi connectivity index (χ0v) is 11.9. The second kappa shape index (κ2) is 5.52. The first-order valence-electron chi connectivity index (χ1n) is 5.97. The molecule has 0 aliphatic carbocycles. The Hall–Kier alpha value is -2.43. The fraction of sp³-hybridized carbons (Fsp3) is 0.143. The van der Waals surface area contributed by atoms with E-state index in [0.29, 0.717) is 10.9 Å². The van der Waals surface area contributed by atoms with Gasteiger partial charge in [-0.15, -0.1) is 0 Å². The summed E-state index contributed by atoms with van der Waals surface area (Å²) in [5.41, 5.74) is 0.911. The molecule has 2 aromatic carbocycles. The number of hydrogen-bond acceptors (Lipinski definition) is 3. The van der Waals surface area contributed by atoms with Gasteiger partial charge in [-0.05, 0) is 30.0 Å². The minimum Gasteiger partial charge on any atom is -0.319 e. The minimum atomic E-state index is -4.43. The molecule has 0 aromatic heterocycles. The zero-order chi connectivity index (χ0) is 15.6. The number of carbonyl (C=O) groups excluding carboxylic acids is 1. The van der Waals surface area contributed by atoms with Gasteiger partial charge in [0.1, 0.15) is 4.90 Å². The molecule has 108 valence electrons. The fourth-order valence-corrected chi connectivity index (χ4v) is 2.92. The molecule has 2 rings (SSSR count). The minimum absolute atomic E-state index is 0.226. The molecule has 0 aliphatic rings. The number of fused-ring (bicyclic) bond motifs is 1. The van der Waals surface area contributed by atoms with Crippen LogP contribution in [0.1, 0.15) is 5.56 Å². The van der Waals surface area contributed by atoms with Gasteiger partial charge in [0.25, 0.3) is 16.7 Å². The molecule has 0 aliphatic heterocycles. The van der Waals surface area contributed by atoms with Gasteiger partial charge in [0.05, 0.1) is 5.69 Å². The van der Waals surface area contributed by atoms with E-state index in [1.807, 2.05) is 0 Å². The molecule has 6 nitrogen and oxygen atoms in total. The summed E-state index contributed by atoms with van der Waals surface area (Å²) < 4.78 is 32.5.